The van der Waals surface area contributed by atoms with E-state index < -0.39 is 34.7 Å². The summed E-state index contributed by atoms with van der Waals surface area (Å²) in [4.78, 5) is 40.2. The first-order chi connectivity index (χ1) is 15.8. The monoisotopic (exact) mass is 501 g/mol. The van der Waals surface area contributed by atoms with Crippen LogP contribution in [0.25, 0.3) is 0 Å². The Hall–Kier alpha value is -3.21. The van der Waals surface area contributed by atoms with Crippen molar-refractivity contribution < 1.29 is 32.6 Å². The molecule has 0 saturated carbocycles. The number of aromatic nitrogens is 2. The predicted molar refractivity (Wildman–Crippen MR) is 119 cm³/mol. The van der Waals surface area contributed by atoms with E-state index in [1.54, 1.807) is 13.8 Å². The average Bonchev–Trinajstić information content (AvgIpc) is 2.72. The van der Waals surface area contributed by atoms with Gasteiger partial charge in [0.2, 0.25) is 5.88 Å². The first kappa shape index (κ1) is 27.0. The topological polar surface area (TPSA) is 109 Å². The van der Waals surface area contributed by atoms with E-state index in [1.165, 1.54) is 31.4 Å². The van der Waals surface area contributed by atoms with Crippen molar-refractivity contribution >= 4 is 23.5 Å². The summed E-state index contributed by atoms with van der Waals surface area (Å²) in [7, 11) is 0. The van der Waals surface area contributed by atoms with Crippen LogP contribution in [0, 0.1) is 11.6 Å². The van der Waals surface area contributed by atoms with E-state index >= 15 is 0 Å². The van der Waals surface area contributed by atoms with Gasteiger partial charge in [-0.3, -0.25) is 19.0 Å². The molecule has 1 heterocycles. The van der Waals surface area contributed by atoms with E-state index in [9.17, 15) is 23.2 Å². The van der Waals surface area contributed by atoms with Gasteiger partial charge < -0.3 is 19.5 Å². The molecule has 12 heteroatoms. The molecule has 1 aromatic carbocycles. The van der Waals surface area contributed by atoms with Crippen LogP contribution in [0.15, 0.2) is 23.0 Å². The lowest BCUT2D eigenvalue weighted by atomic mass is 10.1. The summed E-state index contributed by atoms with van der Waals surface area (Å²) in [5, 5.41) is 2.23. The summed E-state index contributed by atoms with van der Waals surface area (Å²) < 4.78 is 44.1. The van der Waals surface area contributed by atoms with Crippen LogP contribution >= 0.6 is 11.6 Å². The molecule has 0 saturated heterocycles. The summed E-state index contributed by atoms with van der Waals surface area (Å²) in [6, 6.07) is 2.46. The van der Waals surface area contributed by atoms with E-state index in [1.807, 2.05) is 0 Å². The van der Waals surface area contributed by atoms with Crippen LogP contribution in [-0.4, -0.2) is 40.2 Å². The molecule has 1 N–H and O–H groups in total. The van der Waals surface area contributed by atoms with Gasteiger partial charge in [0, 0.05) is 24.6 Å². The average molecular weight is 502 g/mol. The van der Waals surface area contributed by atoms with Crippen molar-refractivity contribution in [3.8, 4) is 11.9 Å². The minimum atomic E-state index is -1.37. The van der Waals surface area contributed by atoms with E-state index in [4.69, 9.17) is 25.8 Å². The molecule has 0 atom stereocenters. The van der Waals surface area contributed by atoms with Gasteiger partial charge >= 0.3 is 12.0 Å². The normalized spacial score (nSPS) is 11.3. The molecule has 0 bridgehead atoms. The number of nitrogens with one attached hydrogen (secondary N) is 1. The standard InChI is InChI=1S/C22H26ClF2N3O6/c1-12(2)28-19(30)17(23)18(33-11-14-6-7-15(24)10-16(14)25)27-21(28)32-9-8-26-20(31)22(4,5)34-13(3)29/h6-7,10,12H,8-9,11H2,1-5H3,(H,26,31). The Morgan fingerprint density at radius 1 is 1.24 bits per heavy atom. The van der Waals surface area contributed by atoms with Crippen LogP contribution in [0.1, 0.15) is 46.2 Å². The van der Waals surface area contributed by atoms with Crippen LogP contribution in [-0.2, 0) is 20.9 Å². The van der Waals surface area contributed by atoms with E-state index in [0.29, 0.717) is 6.07 Å². The summed E-state index contributed by atoms with van der Waals surface area (Å²) in [6.07, 6.45) is 0. The third-order valence-corrected chi connectivity index (χ3v) is 4.78. The van der Waals surface area contributed by atoms with Crippen molar-refractivity contribution in [3.63, 3.8) is 0 Å². The molecule has 1 aromatic heterocycles. The Bertz CT molecular complexity index is 1120. The van der Waals surface area contributed by atoms with Gasteiger partial charge in [0.25, 0.3) is 11.5 Å². The molecule has 0 unspecified atom stereocenters. The van der Waals surface area contributed by atoms with Gasteiger partial charge in [-0.1, -0.05) is 11.6 Å². The molecule has 186 valence electrons. The SMILES string of the molecule is CC(=O)OC(C)(C)C(=O)NCCOc1nc(OCc2ccc(F)cc2F)c(Cl)c(=O)n1C(C)C. The quantitative estimate of drug-likeness (QED) is 0.393. The Morgan fingerprint density at radius 2 is 1.91 bits per heavy atom. The minimum absolute atomic E-state index is 0.0110. The largest absolute Gasteiger partial charge is 0.471 e. The van der Waals surface area contributed by atoms with Crippen LogP contribution < -0.4 is 20.3 Å². The van der Waals surface area contributed by atoms with Crippen molar-refractivity contribution in [2.45, 2.75) is 52.9 Å². The molecule has 2 aromatic rings. The third kappa shape index (κ3) is 6.89. The third-order valence-electron chi connectivity index (χ3n) is 4.46. The van der Waals surface area contributed by atoms with Gasteiger partial charge in [0.05, 0.1) is 6.54 Å². The second-order valence-corrected chi connectivity index (χ2v) is 8.39. The van der Waals surface area contributed by atoms with Crippen molar-refractivity contribution in [1.82, 2.24) is 14.9 Å². The van der Waals surface area contributed by atoms with E-state index in [-0.39, 0.29) is 48.3 Å². The molecule has 0 radical (unpaired) electrons. The van der Waals surface area contributed by atoms with E-state index in [2.05, 4.69) is 10.3 Å². The van der Waals surface area contributed by atoms with Crippen LogP contribution in [0.4, 0.5) is 8.78 Å². The fraction of sp³-hybridized carbons (Fsp3) is 0.455. The van der Waals surface area contributed by atoms with Gasteiger partial charge in [0.1, 0.15) is 24.8 Å². The number of rotatable bonds is 10. The molecule has 0 aliphatic carbocycles. The zero-order valence-corrected chi connectivity index (χ0v) is 20.2. The number of carbonyl (C=O) groups is 2. The predicted octanol–water partition coefficient (Wildman–Crippen LogP) is 3.17. The molecular weight excluding hydrogens is 476 g/mol. The number of nitrogens with zero attached hydrogens (tertiary/aromatic N) is 2. The smallest absolute Gasteiger partial charge is 0.303 e. The molecule has 1 amide bonds. The lowest BCUT2D eigenvalue weighted by molar-refractivity contribution is -0.162. The molecule has 9 nitrogen and oxygen atoms in total. The lowest BCUT2D eigenvalue weighted by Crippen LogP contribution is -2.46. The highest BCUT2D eigenvalue weighted by Crippen LogP contribution is 2.25. The molecule has 0 aliphatic rings. The molecule has 0 spiro atoms. The number of benzene rings is 1. The minimum Gasteiger partial charge on any atom is -0.471 e. The maximum Gasteiger partial charge on any atom is 0.303 e. The maximum absolute atomic E-state index is 13.9. The Labute approximate surface area is 200 Å². The number of hydrogen-bond acceptors (Lipinski definition) is 7. The summed E-state index contributed by atoms with van der Waals surface area (Å²) in [6.45, 7) is 7.06. The number of hydrogen-bond donors (Lipinski definition) is 1. The zero-order chi connectivity index (χ0) is 25.6. The second kappa shape index (κ2) is 11.3. The Balaban J connectivity index is 2.14. The highest BCUT2D eigenvalue weighted by Gasteiger charge is 2.30. The summed E-state index contributed by atoms with van der Waals surface area (Å²) >= 11 is 6.11. The Kier molecular flexibility index (Phi) is 8.97. The van der Waals surface area contributed by atoms with Crippen LogP contribution in [0.2, 0.25) is 5.02 Å². The molecular formula is C22H26ClF2N3O6. The fourth-order valence-corrected chi connectivity index (χ4v) is 3.02. The van der Waals surface area contributed by atoms with E-state index in [0.717, 1.165) is 6.07 Å². The number of amides is 1. The number of halogens is 3. The second-order valence-electron chi connectivity index (χ2n) is 8.02. The number of esters is 1. The molecule has 0 fully saturated rings. The maximum atomic E-state index is 13.9. The van der Waals surface area contributed by atoms with Gasteiger partial charge in [-0.05, 0) is 39.8 Å². The number of carbonyl (C=O) groups excluding carboxylic acids is 2. The highest BCUT2D eigenvalue weighted by atomic mass is 35.5. The molecule has 0 aliphatic heterocycles. The Morgan fingerprint density at radius 3 is 2.50 bits per heavy atom. The van der Waals surface area contributed by atoms with Gasteiger partial charge in [-0.25, -0.2) is 8.78 Å². The van der Waals surface area contributed by atoms with Crippen molar-refractivity contribution in [3.05, 3.63) is 50.8 Å². The van der Waals surface area contributed by atoms with Crippen molar-refractivity contribution in [2.24, 2.45) is 0 Å². The number of ether oxygens (including phenoxy) is 3. The van der Waals surface area contributed by atoms with Gasteiger partial charge in [-0.2, -0.15) is 4.98 Å². The summed E-state index contributed by atoms with van der Waals surface area (Å²) in [5.41, 5.74) is -1.98. The van der Waals surface area contributed by atoms with Crippen LogP contribution in [0.5, 0.6) is 11.9 Å². The zero-order valence-electron chi connectivity index (χ0n) is 19.4. The molecule has 2 rings (SSSR count). The summed E-state index contributed by atoms with van der Waals surface area (Å²) in [5.74, 6) is -2.99. The van der Waals surface area contributed by atoms with Gasteiger partial charge in [0.15, 0.2) is 10.6 Å². The lowest BCUT2D eigenvalue weighted by Gasteiger charge is -2.23. The van der Waals surface area contributed by atoms with Crippen molar-refractivity contribution in [1.29, 1.82) is 0 Å². The van der Waals surface area contributed by atoms with Crippen LogP contribution in [0.3, 0.4) is 0 Å². The van der Waals surface area contributed by atoms with Crippen molar-refractivity contribution in [2.75, 3.05) is 13.2 Å². The first-order valence-electron chi connectivity index (χ1n) is 10.3. The molecule has 34 heavy (non-hydrogen) atoms. The van der Waals surface area contributed by atoms with Gasteiger partial charge in [-0.15, -0.1) is 0 Å². The first-order valence-corrected chi connectivity index (χ1v) is 10.7. The highest BCUT2D eigenvalue weighted by molar-refractivity contribution is 6.31. The fourth-order valence-electron chi connectivity index (χ4n) is 2.84.